The van der Waals surface area contributed by atoms with E-state index in [1.165, 1.54) is 6.07 Å². The highest BCUT2D eigenvalue weighted by Gasteiger charge is 2.24. The van der Waals surface area contributed by atoms with Crippen molar-refractivity contribution >= 4 is 28.9 Å². The van der Waals surface area contributed by atoms with Crippen LogP contribution in [0.15, 0.2) is 36.5 Å². The van der Waals surface area contributed by atoms with Crippen LogP contribution in [0, 0.1) is 11.3 Å². The highest BCUT2D eigenvalue weighted by Crippen LogP contribution is 2.21. The number of amides is 2. The standard InChI is InChI=1S/C26H31N7O3/c1-3-32-10-5-9-21(32)17-29-24(34)20-14-22-23(28-16-20)33(11-6-12-36-2)26(30-22)31-25(35)19-8-4-7-18(13-19)15-27/h4,7-8,13-14,16,21H,3,5-6,9-12,17H2,1-2H3,(H,29,34)(H,30,31,35). The summed E-state index contributed by atoms with van der Waals surface area (Å²) in [6.45, 7) is 5.83. The van der Waals surface area contributed by atoms with E-state index in [-0.39, 0.29) is 11.8 Å². The minimum Gasteiger partial charge on any atom is -0.385 e. The molecule has 1 fully saturated rings. The molecule has 36 heavy (non-hydrogen) atoms. The van der Waals surface area contributed by atoms with E-state index < -0.39 is 0 Å². The fourth-order valence-corrected chi connectivity index (χ4v) is 4.57. The molecule has 1 aliphatic heterocycles. The molecule has 1 aromatic carbocycles. The maximum atomic E-state index is 12.9. The summed E-state index contributed by atoms with van der Waals surface area (Å²) in [6, 6.07) is 10.6. The summed E-state index contributed by atoms with van der Waals surface area (Å²) in [5.41, 5.74) is 2.25. The van der Waals surface area contributed by atoms with Crippen molar-refractivity contribution in [2.24, 2.45) is 0 Å². The summed E-state index contributed by atoms with van der Waals surface area (Å²) < 4.78 is 6.98. The fraction of sp³-hybridized carbons (Fsp3) is 0.423. The average molecular weight is 490 g/mol. The smallest absolute Gasteiger partial charge is 0.258 e. The molecule has 1 aliphatic rings. The van der Waals surface area contributed by atoms with Crippen molar-refractivity contribution < 1.29 is 14.3 Å². The van der Waals surface area contributed by atoms with Gasteiger partial charge in [-0.2, -0.15) is 5.26 Å². The summed E-state index contributed by atoms with van der Waals surface area (Å²) in [4.78, 5) is 37.2. The maximum absolute atomic E-state index is 12.9. The van der Waals surface area contributed by atoms with Crippen LogP contribution in [0.5, 0.6) is 0 Å². The number of nitrogens with one attached hydrogen (secondary N) is 2. The van der Waals surface area contributed by atoms with Crippen molar-refractivity contribution in [3.63, 3.8) is 0 Å². The van der Waals surface area contributed by atoms with E-state index in [9.17, 15) is 9.59 Å². The van der Waals surface area contributed by atoms with Crippen LogP contribution in [0.4, 0.5) is 5.95 Å². The van der Waals surface area contributed by atoms with Gasteiger partial charge in [-0.05, 0) is 56.6 Å². The summed E-state index contributed by atoms with van der Waals surface area (Å²) in [5, 5.41) is 15.0. The number of hydrogen-bond donors (Lipinski definition) is 2. The predicted molar refractivity (Wildman–Crippen MR) is 136 cm³/mol. The lowest BCUT2D eigenvalue weighted by Crippen LogP contribution is -2.40. The van der Waals surface area contributed by atoms with Crippen LogP contribution < -0.4 is 10.6 Å². The van der Waals surface area contributed by atoms with Crippen LogP contribution >= 0.6 is 0 Å². The number of imidazole rings is 1. The van der Waals surface area contributed by atoms with Gasteiger partial charge in [0, 0.05) is 44.6 Å². The molecule has 1 atom stereocenters. The number of likely N-dealkylation sites (N-methyl/N-ethyl adjacent to an activating group) is 1. The Bertz CT molecular complexity index is 1280. The number of nitriles is 1. The Morgan fingerprint density at radius 1 is 1.25 bits per heavy atom. The monoisotopic (exact) mass is 489 g/mol. The van der Waals surface area contributed by atoms with Crippen molar-refractivity contribution in [1.29, 1.82) is 5.26 Å². The lowest BCUT2D eigenvalue weighted by atomic mass is 10.1. The normalized spacial score (nSPS) is 15.6. The number of likely N-dealkylation sites (tertiary alicyclic amines) is 1. The van der Waals surface area contributed by atoms with E-state index in [2.05, 4.69) is 32.4 Å². The molecule has 4 rings (SSSR count). The number of methoxy groups -OCH3 is 1. The molecule has 1 saturated heterocycles. The second kappa shape index (κ2) is 11.7. The lowest BCUT2D eigenvalue weighted by molar-refractivity contribution is 0.0940. The Hall–Kier alpha value is -3.81. The van der Waals surface area contributed by atoms with E-state index >= 15 is 0 Å². The van der Waals surface area contributed by atoms with Gasteiger partial charge in [0.15, 0.2) is 5.65 Å². The zero-order valence-corrected chi connectivity index (χ0v) is 20.7. The number of carbonyl (C=O) groups is 2. The number of pyridine rings is 1. The average Bonchev–Trinajstić information content (AvgIpc) is 3.50. The van der Waals surface area contributed by atoms with Crippen molar-refractivity contribution in [2.75, 3.05) is 38.7 Å². The third kappa shape index (κ3) is 5.70. The molecule has 0 aliphatic carbocycles. The molecule has 0 saturated carbocycles. The van der Waals surface area contributed by atoms with E-state index in [1.807, 2.05) is 6.07 Å². The van der Waals surface area contributed by atoms with Crippen LogP contribution in [0.3, 0.4) is 0 Å². The Balaban J connectivity index is 1.55. The molecule has 0 radical (unpaired) electrons. The molecule has 188 valence electrons. The zero-order chi connectivity index (χ0) is 25.5. The number of carbonyl (C=O) groups excluding carboxylic acids is 2. The fourth-order valence-electron chi connectivity index (χ4n) is 4.57. The minimum atomic E-state index is -0.384. The number of aryl methyl sites for hydroxylation is 1. The number of fused-ring (bicyclic) bond motifs is 1. The second-order valence-electron chi connectivity index (χ2n) is 8.78. The van der Waals surface area contributed by atoms with Gasteiger partial charge in [-0.3, -0.25) is 24.4 Å². The Morgan fingerprint density at radius 2 is 2.11 bits per heavy atom. The molecule has 2 amide bonds. The van der Waals surface area contributed by atoms with E-state index in [0.717, 1.165) is 25.9 Å². The molecule has 3 heterocycles. The Labute approximate surface area is 210 Å². The molecule has 0 bridgehead atoms. The molecular formula is C26H31N7O3. The molecule has 10 heteroatoms. The first-order valence-electron chi connectivity index (χ1n) is 12.2. The molecule has 0 spiro atoms. The zero-order valence-electron chi connectivity index (χ0n) is 20.7. The minimum absolute atomic E-state index is 0.194. The first kappa shape index (κ1) is 25.3. The maximum Gasteiger partial charge on any atom is 0.258 e. The number of aromatic nitrogens is 3. The van der Waals surface area contributed by atoms with Crippen LogP contribution in [-0.4, -0.2) is 70.6 Å². The number of anilines is 1. The van der Waals surface area contributed by atoms with Crippen LogP contribution in [-0.2, 0) is 11.3 Å². The third-order valence-corrected chi connectivity index (χ3v) is 6.46. The van der Waals surface area contributed by atoms with Crippen LogP contribution in [0.1, 0.15) is 52.5 Å². The number of nitrogens with zero attached hydrogens (tertiary/aromatic N) is 5. The Kier molecular flexibility index (Phi) is 8.25. The molecule has 10 nitrogen and oxygen atoms in total. The van der Waals surface area contributed by atoms with Crippen LogP contribution in [0.2, 0.25) is 0 Å². The van der Waals surface area contributed by atoms with Gasteiger partial charge < -0.3 is 10.1 Å². The number of hydrogen-bond acceptors (Lipinski definition) is 7. The van der Waals surface area contributed by atoms with Gasteiger partial charge in [-0.1, -0.05) is 13.0 Å². The Morgan fingerprint density at radius 3 is 2.89 bits per heavy atom. The molecule has 2 N–H and O–H groups in total. The van der Waals surface area contributed by atoms with E-state index in [0.29, 0.717) is 66.0 Å². The predicted octanol–water partition coefficient (Wildman–Crippen LogP) is 2.81. The third-order valence-electron chi connectivity index (χ3n) is 6.46. The summed E-state index contributed by atoms with van der Waals surface area (Å²) in [5.74, 6) is -0.256. The van der Waals surface area contributed by atoms with Crippen LogP contribution in [0.25, 0.3) is 11.2 Å². The van der Waals surface area contributed by atoms with Crippen molar-refractivity contribution in [3.05, 3.63) is 53.2 Å². The lowest BCUT2D eigenvalue weighted by Gasteiger charge is -2.22. The summed E-state index contributed by atoms with van der Waals surface area (Å²) >= 11 is 0. The van der Waals surface area contributed by atoms with Gasteiger partial charge in [0.2, 0.25) is 5.95 Å². The molecule has 3 aromatic rings. The number of benzene rings is 1. The van der Waals surface area contributed by atoms with Gasteiger partial charge >= 0.3 is 0 Å². The van der Waals surface area contributed by atoms with Gasteiger partial charge in [0.1, 0.15) is 5.52 Å². The topological polar surface area (TPSA) is 125 Å². The molecule has 2 aromatic heterocycles. The highest BCUT2D eigenvalue weighted by atomic mass is 16.5. The first-order valence-corrected chi connectivity index (χ1v) is 12.2. The number of ether oxygens (including phenoxy) is 1. The van der Waals surface area contributed by atoms with Gasteiger partial charge in [0.05, 0.1) is 17.2 Å². The van der Waals surface area contributed by atoms with Gasteiger partial charge in [-0.25, -0.2) is 9.97 Å². The summed E-state index contributed by atoms with van der Waals surface area (Å²) in [7, 11) is 1.63. The second-order valence-corrected chi connectivity index (χ2v) is 8.78. The SMILES string of the molecule is CCN1CCCC1CNC(=O)c1cnc2c(c1)nc(NC(=O)c1cccc(C#N)c1)n2CCCOC. The van der Waals surface area contributed by atoms with E-state index in [4.69, 9.17) is 10.00 Å². The molecule has 1 unspecified atom stereocenters. The van der Waals surface area contributed by atoms with Gasteiger partial charge in [0.25, 0.3) is 11.8 Å². The highest BCUT2D eigenvalue weighted by molar-refractivity contribution is 6.04. The van der Waals surface area contributed by atoms with E-state index in [1.54, 1.807) is 42.1 Å². The van der Waals surface area contributed by atoms with Crippen molar-refractivity contribution in [1.82, 2.24) is 24.8 Å². The van der Waals surface area contributed by atoms with Crippen molar-refractivity contribution in [3.8, 4) is 6.07 Å². The number of rotatable bonds is 10. The van der Waals surface area contributed by atoms with Crippen molar-refractivity contribution in [2.45, 2.75) is 38.8 Å². The summed E-state index contributed by atoms with van der Waals surface area (Å²) in [6.07, 6.45) is 4.46. The largest absolute Gasteiger partial charge is 0.385 e. The molecular weight excluding hydrogens is 458 g/mol. The first-order chi connectivity index (χ1) is 17.5. The quantitative estimate of drug-likeness (QED) is 0.420. The van der Waals surface area contributed by atoms with Gasteiger partial charge in [-0.15, -0.1) is 0 Å².